The summed E-state index contributed by atoms with van der Waals surface area (Å²) in [6.07, 6.45) is 1.39. The number of nitrogens with one attached hydrogen (secondary N) is 1. The van der Waals surface area contributed by atoms with Crippen molar-refractivity contribution in [3.05, 3.63) is 63.9 Å². The summed E-state index contributed by atoms with van der Waals surface area (Å²) in [5.41, 5.74) is 1.13. The fourth-order valence-electron chi connectivity index (χ4n) is 3.11. The number of fused-ring (bicyclic) bond motifs is 1. The molecule has 1 aromatic heterocycles. The van der Waals surface area contributed by atoms with Gasteiger partial charge < -0.3 is 14.3 Å². The molecule has 0 aliphatic carbocycles. The third kappa shape index (κ3) is 3.57. The van der Waals surface area contributed by atoms with Gasteiger partial charge in [0.05, 0.1) is 18.2 Å². The van der Waals surface area contributed by atoms with Gasteiger partial charge in [-0.2, -0.15) is 4.99 Å². The number of furan rings is 1. The number of carboxylic acid groups (broad SMARTS) is 1. The number of esters is 1. The van der Waals surface area contributed by atoms with Crippen molar-refractivity contribution in [1.82, 2.24) is 4.90 Å². The van der Waals surface area contributed by atoms with Crippen molar-refractivity contribution in [3.63, 3.8) is 0 Å². The first-order valence-electron chi connectivity index (χ1n) is 8.94. The van der Waals surface area contributed by atoms with Crippen LogP contribution in [0.4, 0.5) is 0 Å². The number of rotatable bonds is 4. The maximum absolute atomic E-state index is 12.5. The first-order valence-corrected chi connectivity index (χ1v) is 9.76. The first kappa shape index (κ1) is 20.4. The summed E-state index contributed by atoms with van der Waals surface area (Å²) < 4.78 is 10.5. The van der Waals surface area contributed by atoms with Gasteiger partial charge in [0, 0.05) is 11.3 Å². The number of amides is 1. The van der Waals surface area contributed by atoms with Crippen molar-refractivity contribution >= 4 is 46.7 Å². The molecule has 0 saturated heterocycles. The molecule has 2 aliphatic heterocycles. The van der Waals surface area contributed by atoms with Crippen LogP contribution in [0, 0.1) is 5.41 Å². The Morgan fingerprint density at radius 3 is 2.77 bits per heavy atom. The first-order chi connectivity index (χ1) is 14.8. The van der Waals surface area contributed by atoms with Gasteiger partial charge in [0.1, 0.15) is 22.3 Å². The van der Waals surface area contributed by atoms with E-state index in [4.69, 9.17) is 19.7 Å². The molecule has 156 valence electrons. The summed E-state index contributed by atoms with van der Waals surface area (Å²) in [5.74, 6) is -1.68. The Hall–Kier alpha value is -3.92. The average Bonchev–Trinajstić information content (AvgIpc) is 3.35. The van der Waals surface area contributed by atoms with E-state index in [0.29, 0.717) is 22.8 Å². The van der Waals surface area contributed by atoms with Crippen LogP contribution >= 0.6 is 11.8 Å². The van der Waals surface area contributed by atoms with Gasteiger partial charge in [-0.1, -0.05) is 12.1 Å². The second kappa shape index (κ2) is 7.73. The number of thioether (sulfide) groups is 1. The Bertz CT molecular complexity index is 1250. The third-order valence-corrected chi connectivity index (χ3v) is 5.76. The van der Waals surface area contributed by atoms with Gasteiger partial charge in [0.2, 0.25) is 0 Å². The summed E-state index contributed by atoms with van der Waals surface area (Å²) in [6, 6.07) is 9.52. The molecule has 0 saturated carbocycles. The van der Waals surface area contributed by atoms with Crippen LogP contribution in [0.5, 0.6) is 0 Å². The fraction of sp³-hybridized carbons (Fsp3) is 0.0952. The molecule has 2 aliphatic rings. The van der Waals surface area contributed by atoms with Crippen molar-refractivity contribution in [1.29, 1.82) is 5.41 Å². The molecule has 3 heterocycles. The Morgan fingerprint density at radius 2 is 2.06 bits per heavy atom. The zero-order valence-electron chi connectivity index (χ0n) is 16.3. The lowest BCUT2D eigenvalue weighted by Gasteiger charge is -2.24. The number of aliphatic imine (C=N–C) groups is 1. The minimum atomic E-state index is -1.05. The van der Waals surface area contributed by atoms with Crippen LogP contribution in [-0.4, -0.2) is 46.0 Å². The second-order valence-electron chi connectivity index (χ2n) is 6.54. The lowest BCUT2D eigenvalue weighted by molar-refractivity contribution is -0.135. The van der Waals surface area contributed by atoms with Crippen molar-refractivity contribution < 1.29 is 28.6 Å². The molecule has 9 nitrogen and oxygen atoms in total. The van der Waals surface area contributed by atoms with Crippen molar-refractivity contribution in [2.45, 2.75) is 6.92 Å². The third-order valence-electron chi connectivity index (χ3n) is 4.63. The molecule has 10 heteroatoms. The molecule has 0 spiro atoms. The largest absolute Gasteiger partial charge is 0.478 e. The number of ether oxygens (including phenoxy) is 1. The molecule has 2 aromatic rings. The van der Waals surface area contributed by atoms with E-state index in [1.807, 2.05) is 0 Å². The summed E-state index contributed by atoms with van der Waals surface area (Å²) in [4.78, 5) is 41.3. The van der Waals surface area contributed by atoms with Gasteiger partial charge in [0.25, 0.3) is 5.91 Å². The summed E-state index contributed by atoms with van der Waals surface area (Å²) in [6.45, 7) is 1.64. The van der Waals surface area contributed by atoms with Gasteiger partial charge in [0.15, 0.2) is 5.17 Å². The summed E-state index contributed by atoms with van der Waals surface area (Å²) in [7, 11) is 1.25. The van der Waals surface area contributed by atoms with Crippen molar-refractivity contribution in [2.24, 2.45) is 4.99 Å². The number of benzene rings is 1. The molecule has 0 radical (unpaired) electrons. The van der Waals surface area contributed by atoms with Crippen LogP contribution in [0.25, 0.3) is 17.4 Å². The van der Waals surface area contributed by atoms with E-state index in [-0.39, 0.29) is 27.0 Å². The Balaban J connectivity index is 1.66. The second-order valence-corrected chi connectivity index (χ2v) is 7.52. The van der Waals surface area contributed by atoms with Crippen molar-refractivity contribution in [2.75, 3.05) is 7.11 Å². The lowest BCUT2D eigenvalue weighted by atomic mass is 10.1. The lowest BCUT2D eigenvalue weighted by Crippen LogP contribution is -2.37. The molecule has 4 rings (SSSR count). The summed E-state index contributed by atoms with van der Waals surface area (Å²) in [5, 5.41) is 17.8. The number of methoxy groups -OCH3 is 1. The molecule has 0 fully saturated rings. The van der Waals surface area contributed by atoms with Gasteiger partial charge in [-0.3, -0.25) is 15.1 Å². The zero-order valence-corrected chi connectivity index (χ0v) is 17.1. The molecule has 0 unspecified atom stereocenters. The van der Waals surface area contributed by atoms with Gasteiger partial charge >= 0.3 is 11.9 Å². The fourth-order valence-corrected chi connectivity index (χ4v) is 4.14. The SMILES string of the molecule is COC(=O)C1=C(C)N2C(=N)/C(=C/c3ccc(-c4cccc(C(=O)O)c4)o3)C(=O)N=C2S1. The zero-order chi connectivity index (χ0) is 22.3. The maximum Gasteiger partial charge on any atom is 0.346 e. The summed E-state index contributed by atoms with van der Waals surface area (Å²) >= 11 is 0.977. The van der Waals surface area contributed by atoms with Crippen molar-refractivity contribution in [3.8, 4) is 11.3 Å². The van der Waals surface area contributed by atoms with Crippen LogP contribution in [0.1, 0.15) is 23.0 Å². The molecule has 1 aromatic carbocycles. The van der Waals surface area contributed by atoms with E-state index in [0.717, 1.165) is 11.8 Å². The minimum absolute atomic E-state index is 0.00463. The van der Waals surface area contributed by atoms with E-state index in [2.05, 4.69) is 4.99 Å². The molecule has 0 bridgehead atoms. The number of nitrogens with zero attached hydrogens (tertiary/aromatic N) is 2. The van der Waals surface area contributed by atoms with Crippen LogP contribution in [-0.2, 0) is 14.3 Å². The number of aromatic carboxylic acids is 1. The number of amidine groups is 2. The normalized spacial score (nSPS) is 17.2. The highest BCUT2D eigenvalue weighted by Crippen LogP contribution is 2.38. The average molecular weight is 437 g/mol. The molecule has 0 atom stereocenters. The van der Waals surface area contributed by atoms with Crippen LogP contribution in [0.3, 0.4) is 0 Å². The molecule has 2 N–H and O–H groups in total. The maximum atomic E-state index is 12.5. The van der Waals surface area contributed by atoms with Crippen LogP contribution in [0.15, 0.2) is 62.0 Å². The van der Waals surface area contributed by atoms with Gasteiger partial charge in [-0.05, 0) is 49.0 Å². The Labute approximate surface area is 180 Å². The van der Waals surface area contributed by atoms with Crippen LogP contribution in [0.2, 0.25) is 0 Å². The predicted molar refractivity (Wildman–Crippen MR) is 113 cm³/mol. The minimum Gasteiger partial charge on any atom is -0.478 e. The molecular weight excluding hydrogens is 422 g/mol. The highest BCUT2D eigenvalue weighted by Gasteiger charge is 2.40. The molecule has 31 heavy (non-hydrogen) atoms. The topological polar surface area (TPSA) is 133 Å². The van der Waals surface area contributed by atoms with Crippen LogP contribution < -0.4 is 0 Å². The van der Waals surface area contributed by atoms with Gasteiger partial charge in [-0.25, -0.2) is 9.59 Å². The number of allylic oxidation sites excluding steroid dienone is 1. The predicted octanol–water partition coefficient (Wildman–Crippen LogP) is 3.35. The van der Waals surface area contributed by atoms with E-state index < -0.39 is 17.8 Å². The van der Waals surface area contributed by atoms with Gasteiger partial charge in [-0.15, -0.1) is 0 Å². The highest BCUT2D eigenvalue weighted by molar-refractivity contribution is 8.18. The molecular formula is C21H15N3O6S. The monoisotopic (exact) mass is 437 g/mol. The highest BCUT2D eigenvalue weighted by atomic mass is 32.2. The van der Waals surface area contributed by atoms with E-state index >= 15 is 0 Å². The Morgan fingerprint density at radius 1 is 1.29 bits per heavy atom. The number of carboxylic acids is 1. The smallest absolute Gasteiger partial charge is 0.346 e. The van der Waals surface area contributed by atoms with E-state index in [1.54, 1.807) is 31.2 Å². The quantitative estimate of drug-likeness (QED) is 0.549. The number of hydrogen-bond donors (Lipinski definition) is 2. The van der Waals surface area contributed by atoms with E-state index in [9.17, 15) is 14.4 Å². The number of hydrogen-bond acceptors (Lipinski definition) is 7. The number of carbonyl (C=O) groups excluding carboxylic acids is 2. The number of carbonyl (C=O) groups is 3. The Kier molecular flexibility index (Phi) is 5.07. The van der Waals surface area contributed by atoms with E-state index in [1.165, 1.54) is 30.2 Å². The molecule has 1 amide bonds. The standard InChI is InChI=1S/C21H15N3O6S/c1-10-16(20(28)29-2)31-21-23-18(25)14(17(22)24(10)21)9-13-6-7-15(30-13)11-4-3-5-12(8-11)19(26)27/h3-9,22H,1-2H3,(H,26,27)/b14-9-,22-17?.